The summed E-state index contributed by atoms with van der Waals surface area (Å²) in [6.45, 7) is 0. The molecule has 7 heteroatoms. The maximum absolute atomic E-state index is 10.5. The van der Waals surface area contributed by atoms with Gasteiger partial charge in [-0.2, -0.15) is 5.10 Å². The molecule has 0 atom stereocenters. The SMILES string of the molecule is COc1cc(NC=O)ccc1Oc1ccnc(-c2cnn(C)c2)c1. The zero-order valence-corrected chi connectivity index (χ0v) is 13.3. The molecule has 1 amide bonds. The van der Waals surface area contributed by atoms with E-state index in [0.717, 1.165) is 11.3 Å². The number of hydrogen-bond donors (Lipinski definition) is 1. The lowest BCUT2D eigenvalue weighted by molar-refractivity contribution is -0.105. The van der Waals surface area contributed by atoms with Gasteiger partial charge in [0.05, 0.1) is 19.0 Å². The van der Waals surface area contributed by atoms with Gasteiger partial charge in [0.25, 0.3) is 0 Å². The number of benzene rings is 1. The molecule has 0 spiro atoms. The van der Waals surface area contributed by atoms with Gasteiger partial charge in [-0.3, -0.25) is 14.5 Å². The number of anilines is 1. The first-order valence-corrected chi connectivity index (χ1v) is 7.21. The Kier molecular flexibility index (Phi) is 4.42. The van der Waals surface area contributed by atoms with Crippen molar-refractivity contribution in [2.45, 2.75) is 0 Å². The fourth-order valence-electron chi connectivity index (χ4n) is 2.22. The third-order valence-electron chi connectivity index (χ3n) is 3.35. The summed E-state index contributed by atoms with van der Waals surface area (Å²) in [5, 5.41) is 6.71. The van der Waals surface area contributed by atoms with E-state index in [1.54, 1.807) is 48.5 Å². The predicted octanol–water partition coefficient (Wildman–Crippen LogP) is 2.85. The molecule has 24 heavy (non-hydrogen) atoms. The molecule has 2 heterocycles. The monoisotopic (exact) mass is 324 g/mol. The van der Waals surface area contributed by atoms with E-state index in [1.807, 2.05) is 19.3 Å². The number of nitrogens with zero attached hydrogens (tertiary/aromatic N) is 3. The van der Waals surface area contributed by atoms with Gasteiger partial charge in [-0.25, -0.2) is 0 Å². The fourth-order valence-corrected chi connectivity index (χ4v) is 2.22. The van der Waals surface area contributed by atoms with Crippen LogP contribution in [0.2, 0.25) is 0 Å². The topological polar surface area (TPSA) is 78.3 Å². The van der Waals surface area contributed by atoms with Crippen molar-refractivity contribution in [2.75, 3.05) is 12.4 Å². The second-order valence-electron chi connectivity index (χ2n) is 5.01. The number of nitrogens with one attached hydrogen (secondary N) is 1. The quantitative estimate of drug-likeness (QED) is 0.705. The van der Waals surface area contributed by atoms with Crippen LogP contribution in [0.5, 0.6) is 17.2 Å². The van der Waals surface area contributed by atoms with Crippen molar-refractivity contribution in [3.63, 3.8) is 0 Å². The first kappa shape index (κ1) is 15.5. The number of aryl methyl sites for hydroxylation is 1. The number of amides is 1. The predicted molar refractivity (Wildman–Crippen MR) is 89.2 cm³/mol. The average molecular weight is 324 g/mol. The summed E-state index contributed by atoms with van der Waals surface area (Å²) >= 11 is 0. The molecule has 2 aromatic heterocycles. The summed E-state index contributed by atoms with van der Waals surface area (Å²) in [6.07, 6.45) is 5.91. The smallest absolute Gasteiger partial charge is 0.211 e. The first-order chi connectivity index (χ1) is 11.7. The van der Waals surface area contributed by atoms with Crippen LogP contribution in [-0.4, -0.2) is 28.3 Å². The van der Waals surface area contributed by atoms with Crippen molar-refractivity contribution in [2.24, 2.45) is 7.05 Å². The number of carbonyl (C=O) groups is 1. The highest BCUT2D eigenvalue weighted by atomic mass is 16.5. The molecular weight excluding hydrogens is 308 g/mol. The van der Waals surface area contributed by atoms with Crippen LogP contribution in [-0.2, 0) is 11.8 Å². The molecule has 0 saturated heterocycles. The second-order valence-corrected chi connectivity index (χ2v) is 5.01. The van der Waals surface area contributed by atoms with Gasteiger partial charge in [0.15, 0.2) is 11.5 Å². The minimum Gasteiger partial charge on any atom is -0.493 e. The summed E-state index contributed by atoms with van der Waals surface area (Å²) in [5.74, 6) is 1.68. The van der Waals surface area contributed by atoms with E-state index in [0.29, 0.717) is 29.3 Å². The van der Waals surface area contributed by atoms with E-state index < -0.39 is 0 Å². The van der Waals surface area contributed by atoms with Gasteiger partial charge in [0.2, 0.25) is 6.41 Å². The van der Waals surface area contributed by atoms with Crippen LogP contribution in [0.1, 0.15) is 0 Å². The molecule has 0 aliphatic heterocycles. The minimum absolute atomic E-state index is 0.515. The van der Waals surface area contributed by atoms with E-state index in [4.69, 9.17) is 9.47 Å². The zero-order chi connectivity index (χ0) is 16.9. The molecule has 7 nitrogen and oxygen atoms in total. The zero-order valence-electron chi connectivity index (χ0n) is 13.3. The van der Waals surface area contributed by atoms with Gasteiger partial charge >= 0.3 is 0 Å². The highest BCUT2D eigenvalue weighted by Crippen LogP contribution is 2.34. The van der Waals surface area contributed by atoms with Crippen molar-refractivity contribution in [1.82, 2.24) is 14.8 Å². The van der Waals surface area contributed by atoms with Crippen LogP contribution in [0.15, 0.2) is 48.9 Å². The Balaban J connectivity index is 1.87. The lowest BCUT2D eigenvalue weighted by Gasteiger charge is -2.12. The maximum atomic E-state index is 10.5. The van der Waals surface area contributed by atoms with Crippen molar-refractivity contribution < 1.29 is 14.3 Å². The molecule has 0 aliphatic rings. The van der Waals surface area contributed by atoms with E-state index in [1.165, 1.54) is 0 Å². The fraction of sp³-hybridized carbons (Fsp3) is 0.118. The van der Waals surface area contributed by atoms with Gasteiger partial charge in [0.1, 0.15) is 5.75 Å². The third kappa shape index (κ3) is 3.35. The molecule has 0 bridgehead atoms. The summed E-state index contributed by atoms with van der Waals surface area (Å²) in [7, 11) is 3.39. The largest absolute Gasteiger partial charge is 0.493 e. The minimum atomic E-state index is 0.515. The van der Waals surface area contributed by atoms with Crippen molar-refractivity contribution in [1.29, 1.82) is 0 Å². The number of hydrogen-bond acceptors (Lipinski definition) is 5. The summed E-state index contributed by atoms with van der Waals surface area (Å²) in [6, 6.07) is 8.74. The molecule has 0 aliphatic carbocycles. The van der Waals surface area contributed by atoms with Crippen LogP contribution in [0.25, 0.3) is 11.3 Å². The summed E-state index contributed by atoms with van der Waals surface area (Å²) < 4.78 is 12.9. The number of pyridine rings is 1. The number of carbonyl (C=O) groups excluding carboxylic acids is 1. The number of methoxy groups -OCH3 is 1. The highest BCUT2D eigenvalue weighted by Gasteiger charge is 2.09. The molecule has 3 rings (SSSR count). The molecule has 1 N–H and O–H groups in total. The Morgan fingerprint density at radius 3 is 2.79 bits per heavy atom. The van der Waals surface area contributed by atoms with Gasteiger partial charge < -0.3 is 14.8 Å². The average Bonchev–Trinajstić information content (AvgIpc) is 3.03. The van der Waals surface area contributed by atoms with E-state index in [-0.39, 0.29) is 0 Å². The second kappa shape index (κ2) is 6.82. The van der Waals surface area contributed by atoms with Crippen LogP contribution in [0.4, 0.5) is 5.69 Å². The first-order valence-electron chi connectivity index (χ1n) is 7.21. The van der Waals surface area contributed by atoms with Gasteiger partial charge in [-0.15, -0.1) is 0 Å². The lowest BCUT2D eigenvalue weighted by Crippen LogP contribution is -1.96. The van der Waals surface area contributed by atoms with Crippen LogP contribution in [0, 0.1) is 0 Å². The molecule has 0 saturated carbocycles. The molecule has 1 aromatic carbocycles. The van der Waals surface area contributed by atoms with Crippen molar-refractivity contribution >= 4 is 12.1 Å². The molecule has 122 valence electrons. The highest BCUT2D eigenvalue weighted by molar-refractivity contribution is 5.73. The van der Waals surface area contributed by atoms with Gasteiger partial charge in [0, 0.05) is 42.8 Å². The number of rotatable bonds is 6. The lowest BCUT2D eigenvalue weighted by atomic mass is 10.2. The van der Waals surface area contributed by atoms with E-state index >= 15 is 0 Å². The Labute approximate surface area is 138 Å². The normalized spacial score (nSPS) is 10.2. The molecule has 0 radical (unpaired) electrons. The Morgan fingerprint density at radius 1 is 1.21 bits per heavy atom. The van der Waals surface area contributed by atoms with Crippen LogP contribution < -0.4 is 14.8 Å². The van der Waals surface area contributed by atoms with Crippen molar-refractivity contribution in [3.05, 3.63) is 48.9 Å². The maximum Gasteiger partial charge on any atom is 0.211 e. The molecular formula is C17H16N4O3. The van der Waals surface area contributed by atoms with Crippen molar-refractivity contribution in [3.8, 4) is 28.5 Å². The Bertz CT molecular complexity index is 861. The van der Waals surface area contributed by atoms with Gasteiger partial charge in [-0.05, 0) is 18.2 Å². The Hall–Kier alpha value is -3.35. The number of ether oxygens (including phenoxy) is 2. The van der Waals surface area contributed by atoms with Crippen LogP contribution in [0.3, 0.4) is 0 Å². The van der Waals surface area contributed by atoms with E-state index in [9.17, 15) is 4.79 Å². The molecule has 0 fully saturated rings. The number of aromatic nitrogens is 3. The van der Waals surface area contributed by atoms with E-state index in [2.05, 4.69) is 15.4 Å². The summed E-state index contributed by atoms with van der Waals surface area (Å²) in [4.78, 5) is 14.9. The molecule has 3 aromatic rings. The van der Waals surface area contributed by atoms with Crippen LogP contribution >= 0.6 is 0 Å². The summed E-state index contributed by atoms with van der Waals surface area (Å²) in [5.41, 5.74) is 2.29. The Morgan fingerprint density at radius 2 is 2.08 bits per heavy atom. The third-order valence-corrected chi connectivity index (χ3v) is 3.35. The standard InChI is InChI=1S/C17H16N4O3/c1-21-10-12(9-20-21)15-8-14(5-6-18-15)24-16-4-3-13(19-11-22)7-17(16)23-2/h3-11H,1-2H3,(H,19,22). The molecule has 0 unspecified atom stereocenters. The van der Waals surface area contributed by atoms with Gasteiger partial charge in [-0.1, -0.05) is 0 Å².